The van der Waals surface area contributed by atoms with Crippen molar-refractivity contribution in [2.45, 2.75) is 0 Å². The Labute approximate surface area is 538 Å². The van der Waals surface area contributed by atoms with Gasteiger partial charge in [-0.2, -0.15) is 0 Å². The molecule has 22 rings (SSSR count). The van der Waals surface area contributed by atoms with Gasteiger partial charge in [-0.1, -0.05) is 170 Å². The maximum absolute atomic E-state index is 7.43. The molecule has 0 radical (unpaired) electrons. The molecular weight excluding hydrogens is 1150 g/mol. The van der Waals surface area contributed by atoms with Crippen LogP contribution in [0.4, 0.5) is 0 Å². The van der Waals surface area contributed by atoms with Gasteiger partial charge in [0, 0.05) is 77.5 Å². The van der Waals surface area contributed by atoms with Gasteiger partial charge in [0.2, 0.25) is 0 Å². The van der Waals surface area contributed by atoms with Crippen molar-refractivity contribution in [3.63, 3.8) is 0 Å². The third-order valence-corrected chi connectivity index (χ3v) is 20.6. The third-order valence-electron chi connectivity index (χ3n) is 20.6. The third kappa shape index (κ3) is 6.82. The molecule has 8 nitrogen and oxygen atoms in total. The van der Waals surface area contributed by atoms with Crippen LogP contribution in [0.5, 0.6) is 46.0 Å². The highest BCUT2D eigenvalue weighted by Crippen LogP contribution is 2.46. The molecule has 0 unspecified atom stereocenters. The Balaban J connectivity index is 0.723. The highest BCUT2D eigenvalue weighted by molar-refractivity contribution is 6.99. The predicted molar refractivity (Wildman–Crippen MR) is 385 cm³/mol. The molecule has 434 valence electrons. The van der Waals surface area contributed by atoms with Crippen molar-refractivity contribution in [3.8, 4) is 79.9 Å². The van der Waals surface area contributed by atoms with E-state index in [0.717, 1.165) is 156 Å². The van der Waals surface area contributed by atoms with Crippen molar-refractivity contribution in [1.29, 1.82) is 0 Å². The van der Waals surface area contributed by atoms with E-state index < -0.39 is 0 Å². The largest absolute Gasteiger partial charge is 0.458 e. The van der Waals surface area contributed by atoms with Gasteiger partial charge in [-0.3, -0.25) is 0 Å². The van der Waals surface area contributed by atoms with Crippen LogP contribution in [0.1, 0.15) is 0 Å². The molecule has 0 N–H and O–H groups in total. The average Bonchev–Trinajstić information content (AvgIpc) is 1.21. The van der Waals surface area contributed by atoms with Gasteiger partial charge < -0.3 is 37.2 Å². The molecular formula is C84H48B2N4O4. The summed E-state index contributed by atoms with van der Waals surface area (Å²) in [7, 11) is 0. The molecule has 4 aromatic heterocycles. The van der Waals surface area contributed by atoms with E-state index in [-0.39, 0.29) is 13.4 Å². The van der Waals surface area contributed by atoms with Crippen LogP contribution >= 0.6 is 0 Å². The second-order valence-electron chi connectivity index (χ2n) is 25.4. The Morgan fingerprint density at radius 2 is 0.596 bits per heavy atom. The minimum Gasteiger partial charge on any atom is -0.458 e. The second-order valence-corrected chi connectivity index (χ2v) is 25.4. The van der Waals surface area contributed by atoms with Crippen LogP contribution < -0.4 is 51.7 Å². The SMILES string of the molecule is c1ccc2c(c1)Oc1cc(-n3c4ccc(-n5c6ccccc6c6ccccc65)cc4c4ccc(-c5ccc6c(c5)B5c7ccccc7Oc7ccc(-n8c9ccccc9c9cc(-n%10c%11ccccc%11c%11ccccc%11%10)ccc98)c(c75)O6)cc43)cc3c1B2c1ccccc1O3. The van der Waals surface area contributed by atoms with Crippen molar-refractivity contribution < 1.29 is 18.9 Å². The van der Waals surface area contributed by atoms with Crippen molar-refractivity contribution in [2.24, 2.45) is 0 Å². The van der Waals surface area contributed by atoms with Gasteiger partial charge in [0.1, 0.15) is 46.0 Å². The topological polar surface area (TPSA) is 56.6 Å². The second kappa shape index (κ2) is 18.6. The van der Waals surface area contributed by atoms with Crippen molar-refractivity contribution in [1.82, 2.24) is 18.3 Å². The van der Waals surface area contributed by atoms with E-state index in [0.29, 0.717) is 0 Å². The lowest BCUT2D eigenvalue weighted by atomic mass is 9.34. The molecule has 8 heterocycles. The standard InChI is InChI=1S/C84H48B2N4O4/c1-9-25-66-54(17-1)55-18-2-10-26-67(55)87(66)51-35-38-71-61(46-51)59-37-33-50(44-74(59)89(71)53-47-80-82-81(48-53)93-77-32-16-7-23-63(77)85(82)62-22-6-15-31-76(62)92-80)49-34-41-78-65(43-49)86-64-24-8-14-30-75(64)91-79-42-40-73(84(94-78)83(79)86)90-70-29-13-5-21-58(70)60-45-52(36-39-72(60)90)88-68-27-11-3-19-56(68)57-20-4-12-28-69(57)88/h1-48H. The summed E-state index contributed by atoms with van der Waals surface area (Å²) in [5.41, 5.74) is 21.7. The van der Waals surface area contributed by atoms with Crippen LogP contribution in [-0.4, -0.2) is 31.7 Å². The van der Waals surface area contributed by atoms with Crippen LogP contribution in [0.15, 0.2) is 291 Å². The Morgan fingerprint density at radius 3 is 1.14 bits per heavy atom. The molecule has 94 heavy (non-hydrogen) atoms. The van der Waals surface area contributed by atoms with Crippen LogP contribution in [0, 0.1) is 0 Å². The summed E-state index contributed by atoms with van der Waals surface area (Å²) < 4.78 is 37.9. The van der Waals surface area contributed by atoms with E-state index >= 15 is 0 Å². The zero-order chi connectivity index (χ0) is 61.0. The van der Waals surface area contributed by atoms with E-state index in [2.05, 4.69) is 309 Å². The maximum atomic E-state index is 7.43. The number of rotatable bonds is 5. The van der Waals surface area contributed by atoms with Crippen molar-refractivity contribution >= 4 is 133 Å². The fraction of sp³-hybridized carbons (Fsp3) is 0. The zero-order valence-corrected chi connectivity index (χ0v) is 50.3. The first-order chi connectivity index (χ1) is 46.6. The number of hydrogen-bond acceptors (Lipinski definition) is 4. The van der Waals surface area contributed by atoms with Gasteiger partial charge in [0.05, 0.1) is 55.5 Å². The molecule has 10 heteroatoms. The number of ether oxygens (including phenoxy) is 4. The molecule has 0 fully saturated rings. The lowest BCUT2D eigenvalue weighted by Crippen LogP contribution is -2.57. The molecule has 0 atom stereocenters. The summed E-state index contributed by atoms with van der Waals surface area (Å²) in [6, 6.07) is 105. The van der Waals surface area contributed by atoms with Gasteiger partial charge in [0.25, 0.3) is 13.4 Å². The van der Waals surface area contributed by atoms with E-state index in [1.165, 1.54) is 43.6 Å². The molecule has 0 saturated heterocycles. The molecule has 4 aliphatic heterocycles. The Morgan fingerprint density at radius 1 is 0.213 bits per heavy atom. The van der Waals surface area contributed by atoms with Gasteiger partial charge in [-0.25, -0.2) is 0 Å². The lowest BCUT2D eigenvalue weighted by Gasteiger charge is -2.34. The van der Waals surface area contributed by atoms with E-state index in [1.54, 1.807) is 0 Å². The Kier molecular flexibility index (Phi) is 9.98. The Hall–Kier alpha value is -12.4. The first-order valence-electron chi connectivity index (χ1n) is 32.2. The molecule has 0 spiro atoms. The van der Waals surface area contributed by atoms with Crippen molar-refractivity contribution in [2.75, 3.05) is 0 Å². The fourth-order valence-corrected chi connectivity index (χ4v) is 16.7. The van der Waals surface area contributed by atoms with Crippen molar-refractivity contribution in [3.05, 3.63) is 291 Å². The minimum absolute atomic E-state index is 0.0427. The normalized spacial score (nSPS) is 13.2. The molecule has 18 aromatic rings. The summed E-state index contributed by atoms with van der Waals surface area (Å²) in [4.78, 5) is 0. The number of para-hydroxylation sites is 8. The molecule has 4 aliphatic rings. The fourth-order valence-electron chi connectivity index (χ4n) is 16.7. The van der Waals surface area contributed by atoms with Gasteiger partial charge in [-0.15, -0.1) is 0 Å². The number of aromatic nitrogens is 4. The quantitative estimate of drug-likeness (QED) is 0.161. The zero-order valence-electron chi connectivity index (χ0n) is 50.3. The first kappa shape index (κ1) is 50.4. The van der Waals surface area contributed by atoms with E-state index in [9.17, 15) is 0 Å². The molecule has 0 aliphatic carbocycles. The van der Waals surface area contributed by atoms with E-state index in [1.807, 2.05) is 0 Å². The average molecular weight is 1200 g/mol. The molecule has 14 aromatic carbocycles. The molecule has 0 saturated carbocycles. The molecule has 0 amide bonds. The number of benzene rings is 14. The molecule has 0 bridgehead atoms. The summed E-state index contributed by atoms with van der Waals surface area (Å²) in [5, 5.41) is 9.51. The number of hydrogen-bond donors (Lipinski definition) is 0. The minimum atomic E-state index is -0.199. The van der Waals surface area contributed by atoms with E-state index in [4.69, 9.17) is 18.9 Å². The number of nitrogens with zero attached hydrogens (tertiary/aromatic N) is 4. The predicted octanol–water partition coefficient (Wildman–Crippen LogP) is 17.2. The van der Waals surface area contributed by atoms with Crippen LogP contribution in [0.3, 0.4) is 0 Å². The van der Waals surface area contributed by atoms with Gasteiger partial charge >= 0.3 is 0 Å². The number of fused-ring (bicyclic) bond motifs is 20. The van der Waals surface area contributed by atoms with Crippen LogP contribution in [0.2, 0.25) is 0 Å². The highest BCUT2D eigenvalue weighted by Gasteiger charge is 2.43. The summed E-state index contributed by atoms with van der Waals surface area (Å²) in [5.74, 6) is 6.50. The lowest BCUT2D eigenvalue weighted by molar-refractivity contribution is 0.463. The van der Waals surface area contributed by atoms with Crippen LogP contribution in [0.25, 0.3) is 121 Å². The maximum Gasteiger partial charge on any atom is 0.260 e. The first-order valence-corrected chi connectivity index (χ1v) is 32.2. The summed E-state index contributed by atoms with van der Waals surface area (Å²) in [6.45, 7) is -0.242. The van der Waals surface area contributed by atoms with Gasteiger partial charge in [0.15, 0.2) is 0 Å². The van der Waals surface area contributed by atoms with Crippen LogP contribution in [-0.2, 0) is 0 Å². The summed E-state index contributed by atoms with van der Waals surface area (Å²) in [6.07, 6.45) is 0. The monoisotopic (exact) mass is 1200 g/mol. The van der Waals surface area contributed by atoms with Gasteiger partial charge in [-0.05, 0) is 142 Å². The smallest absolute Gasteiger partial charge is 0.260 e. The Bertz CT molecular complexity index is 6250. The summed E-state index contributed by atoms with van der Waals surface area (Å²) >= 11 is 0. The highest BCUT2D eigenvalue weighted by atomic mass is 16.5.